The minimum atomic E-state index is -0.785. The summed E-state index contributed by atoms with van der Waals surface area (Å²) in [6.45, 7) is 2.47. The van der Waals surface area contributed by atoms with E-state index in [1.54, 1.807) is 12.1 Å². The smallest absolute Gasteiger partial charge is 0.303 e. The van der Waals surface area contributed by atoms with Gasteiger partial charge >= 0.3 is 5.97 Å². The molecule has 1 rings (SSSR count). The number of aliphatic carboxylic acids is 1. The van der Waals surface area contributed by atoms with Crippen LogP contribution in [0.3, 0.4) is 0 Å². The highest BCUT2D eigenvalue weighted by Gasteiger charge is 2.08. The van der Waals surface area contributed by atoms with Gasteiger partial charge in [-0.05, 0) is 31.4 Å². The monoisotopic (exact) mass is 298 g/mol. The quantitative estimate of drug-likeness (QED) is 0.571. The molecule has 0 aliphatic heterocycles. The molecular weight excluding hydrogens is 280 g/mol. The summed E-state index contributed by atoms with van der Waals surface area (Å²) in [4.78, 5) is 26.3. The lowest BCUT2D eigenvalue weighted by molar-refractivity contribution is -0.137. The molecule has 20 heavy (non-hydrogen) atoms. The number of aryl methyl sites for hydroxylation is 1. The maximum Gasteiger partial charge on any atom is 0.303 e. The zero-order valence-electron chi connectivity index (χ0n) is 11.5. The van der Waals surface area contributed by atoms with Crippen LogP contribution < -0.4 is 5.32 Å². The Balaban J connectivity index is 2.36. The van der Waals surface area contributed by atoms with Gasteiger partial charge in [-0.2, -0.15) is 0 Å². The Labute approximate surface area is 123 Å². The highest BCUT2D eigenvalue weighted by Crippen LogP contribution is 2.11. The van der Waals surface area contributed by atoms with Crippen molar-refractivity contribution in [3.8, 4) is 0 Å². The van der Waals surface area contributed by atoms with E-state index in [9.17, 15) is 9.59 Å². The Morgan fingerprint density at radius 1 is 1.30 bits per heavy atom. The molecule has 0 aliphatic carbocycles. The van der Waals surface area contributed by atoms with Gasteiger partial charge in [-0.25, -0.2) is 4.98 Å². The van der Waals surface area contributed by atoms with Crippen LogP contribution in [-0.4, -0.2) is 28.5 Å². The predicted octanol–water partition coefficient (Wildman–Crippen LogP) is 2.67. The predicted molar refractivity (Wildman–Crippen MR) is 77.1 cm³/mol. The van der Waals surface area contributed by atoms with E-state index in [0.29, 0.717) is 23.7 Å². The Bertz CT molecular complexity index is 477. The SMILES string of the molecule is CCc1cc(C(=O)NCCCCCC(=O)O)cc(Cl)n1. The number of nitrogens with one attached hydrogen (secondary N) is 1. The van der Waals surface area contributed by atoms with Gasteiger partial charge in [0.15, 0.2) is 0 Å². The molecular formula is C14H19ClN2O3. The number of rotatable bonds is 8. The zero-order valence-corrected chi connectivity index (χ0v) is 12.2. The third kappa shape index (κ3) is 6.02. The molecule has 2 N–H and O–H groups in total. The molecule has 0 atom stereocenters. The number of hydrogen-bond donors (Lipinski definition) is 2. The summed E-state index contributed by atoms with van der Waals surface area (Å²) in [6.07, 6.45) is 3.07. The van der Waals surface area contributed by atoms with Crippen molar-refractivity contribution in [2.75, 3.05) is 6.54 Å². The summed E-state index contributed by atoms with van der Waals surface area (Å²) in [5.74, 6) is -0.963. The molecule has 0 saturated carbocycles. The molecule has 0 aliphatic rings. The van der Waals surface area contributed by atoms with Crippen LogP contribution in [0.25, 0.3) is 0 Å². The van der Waals surface area contributed by atoms with E-state index < -0.39 is 5.97 Å². The molecule has 6 heteroatoms. The maximum atomic E-state index is 11.9. The van der Waals surface area contributed by atoms with Crippen molar-refractivity contribution in [1.29, 1.82) is 0 Å². The molecule has 0 unspecified atom stereocenters. The number of aromatic nitrogens is 1. The van der Waals surface area contributed by atoms with Crippen LogP contribution in [0.1, 0.15) is 48.7 Å². The van der Waals surface area contributed by atoms with Gasteiger partial charge in [0.1, 0.15) is 5.15 Å². The number of hydrogen-bond acceptors (Lipinski definition) is 3. The molecule has 0 radical (unpaired) electrons. The van der Waals surface area contributed by atoms with Crippen LogP contribution in [0.2, 0.25) is 5.15 Å². The maximum absolute atomic E-state index is 11.9. The van der Waals surface area contributed by atoms with Crippen LogP contribution in [-0.2, 0) is 11.2 Å². The normalized spacial score (nSPS) is 10.3. The van der Waals surface area contributed by atoms with E-state index in [-0.39, 0.29) is 12.3 Å². The lowest BCUT2D eigenvalue weighted by atomic mass is 10.1. The van der Waals surface area contributed by atoms with Crippen LogP contribution >= 0.6 is 11.6 Å². The molecule has 1 aromatic rings. The number of carboxylic acids is 1. The van der Waals surface area contributed by atoms with Crippen LogP contribution in [0.5, 0.6) is 0 Å². The number of carboxylic acid groups (broad SMARTS) is 1. The zero-order chi connectivity index (χ0) is 15.0. The van der Waals surface area contributed by atoms with Gasteiger partial charge in [0.05, 0.1) is 0 Å². The summed E-state index contributed by atoms with van der Waals surface area (Å²) in [5, 5.41) is 11.6. The van der Waals surface area contributed by atoms with Gasteiger partial charge in [0.2, 0.25) is 0 Å². The molecule has 0 aromatic carbocycles. The van der Waals surface area contributed by atoms with Crippen LogP contribution in [0.4, 0.5) is 0 Å². The molecule has 1 amide bonds. The van der Waals surface area contributed by atoms with Crippen molar-refractivity contribution in [2.24, 2.45) is 0 Å². The lowest BCUT2D eigenvalue weighted by Crippen LogP contribution is -2.24. The number of carbonyl (C=O) groups excluding carboxylic acids is 1. The van der Waals surface area contributed by atoms with Gasteiger partial charge in [-0.3, -0.25) is 9.59 Å². The first-order valence-electron chi connectivity index (χ1n) is 6.69. The number of carbonyl (C=O) groups is 2. The summed E-state index contributed by atoms with van der Waals surface area (Å²) in [7, 11) is 0. The summed E-state index contributed by atoms with van der Waals surface area (Å²) in [6, 6.07) is 3.27. The number of nitrogens with zero attached hydrogens (tertiary/aromatic N) is 1. The highest BCUT2D eigenvalue weighted by atomic mass is 35.5. The van der Waals surface area contributed by atoms with E-state index in [4.69, 9.17) is 16.7 Å². The molecule has 0 saturated heterocycles. The van der Waals surface area contributed by atoms with E-state index in [1.165, 1.54) is 0 Å². The summed E-state index contributed by atoms with van der Waals surface area (Å²) in [5.41, 5.74) is 1.29. The Hall–Kier alpha value is -1.62. The largest absolute Gasteiger partial charge is 0.481 e. The van der Waals surface area contributed by atoms with Crippen molar-refractivity contribution in [3.05, 3.63) is 28.5 Å². The first kappa shape index (κ1) is 16.4. The first-order valence-corrected chi connectivity index (χ1v) is 7.07. The second-order valence-corrected chi connectivity index (χ2v) is 4.87. The topological polar surface area (TPSA) is 79.3 Å². The van der Waals surface area contributed by atoms with Crippen molar-refractivity contribution >= 4 is 23.5 Å². The Kier molecular flexibility index (Phi) is 7.01. The molecule has 0 bridgehead atoms. The molecule has 1 heterocycles. The summed E-state index contributed by atoms with van der Waals surface area (Å²) >= 11 is 5.86. The fourth-order valence-electron chi connectivity index (χ4n) is 1.75. The van der Waals surface area contributed by atoms with Crippen molar-refractivity contribution in [2.45, 2.75) is 39.0 Å². The van der Waals surface area contributed by atoms with Crippen molar-refractivity contribution in [1.82, 2.24) is 10.3 Å². The van der Waals surface area contributed by atoms with Gasteiger partial charge in [0, 0.05) is 24.2 Å². The van der Waals surface area contributed by atoms with Crippen LogP contribution in [0.15, 0.2) is 12.1 Å². The van der Waals surface area contributed by atoms with Gasteiger partial charge < -0.3 is 10.4 Å². The Morgan fingerprint density at radius 2 is 2.05 bits per heavy atom. The number of unbranched alkanes of at least 4 members (excludes halogenated alkanes) is 2. The van der Waals surface area contributed by atoms with Crippen molar-refractivity contribution < 1.29 is 14.7 Å². The van der Waals surface area contributed by atoms with E-state index in [1.807, 2.05) is 6.92 Å². The average Bonchev–Trinajstić information content (AvgIpc) is 2.41. The second kappa shape index (κ2) is 8.53. The fourth-order valence-corrected chi connectivity index (χ4v) is 1.97. The molecule has 0 spiro atoms. The molecule has 0 fully saturated rings. The standard InChI is InChI=1S/C14H19ClN2O3/c1-2-11-8-10(9-12(15)17-11)14(20)16-7-5-3-4-6-13(18)19/h8-9H,2-7H2,1H3,(H,16,20)(H,18,19). The highest BCUT2D eigenvalue weighted by molar-refractivity contribution is 6.29. The second-order valence-electron chi connectivity index (χ2n) is 4.48. The Morgan fingerprint density at radius 3 is 2.70 bits per heavy atom. The fraction of sp³-hybridized carbons (Fsp3) is 0.500. The number of pyridine rings is 1. The molecule has 5 nitrogen and oxygen atoms in total. The minimum Gasteiger partial charge on any atom is -0.481 e. The van der Waals surface area contributed by atoms with Gasteiger partial charge in [-0.1, -0.05) is 24.9 Å². The van der Waals surface area contributed by atoms with Crippen LogP contribution in [0, 0.1) is 0 Å². The van der Waals surface area contributed by atoms with E-state index >= 15 is 0 Å². The van der Waals surface area contributed by atoms with Crippen molar-refractivity contribution in [3.63, 3.8) is 0 Å². The van der Waals surface area contributed by atoms with Gasteiger partial charge in [-0.15, -0.1) is 0 Å². The molecule has 110 valence electrons. The first-order chi connectivity index (χ1) is 9.52. The number of halogens is 1. The lowest BCUT2D eigenvalue weighted by Gasteiger charge is -2.06. The number of amides is 1. The van der Waals surface area contributed by atoms with Gasteiger partial charge in [0.25, 0.3) is 5.91 Å². The summed E-state index contributed by atoms with van der Waals surface area (Å²) < 4.78 is 0. The molecule has 1 aromatic heterocycles. The third-order valence-corrected chi connectivity index (χ3v) is 3.02. The van der Waals surface area contributed by atoms with E-state index in [0.717, 1.165) is 25.0 Å². The average molecular weight is 299 g/mol. The third-order valence-electron chi connectivity index (χ3n) is 2.82. The van der Waals surface area contributed by atoms with E-state index in [2.05, 4.69) is 10.3 Å². The minimum absolute atomic E-state index is 0.174.